The molecule has 33 heavy (non-hydrogen) atoms. The quantitative estimate of drug-likeness (QED) is 0.520. The number of carbonyl (C=O) groups excluding carboxylic acids is 2. The van der Waals surface area contributed by atoms with Crippen molar-refractivity contribution in [3.8, 4) is 5.75 Å². The molecule has 1 aromatic heterocycles. The molecular weight excluding hydrogens is 436 g/mol. The number of aryl methyl sites for hydroxylation is 1. The summed E-state index contributed by atoms with van der Waals surface area (Å²) >= 11 is 1.20. The fourth-order valence-corrected chi connectivity index (χ4v) is 4.17. The molecule has 1 atom stereocenters. The number of rotatable bonds is 8. The average molecular weight is 465 g/mol. The third kappa shape index (κ3) is 6.29. The Labute approximate surface area is 196 Å². The van der Waals surface area contributed by atoms with Gasteiger partial charge >= 0.3 is 0 Å². The van der Waals surface area contributed by atoms with Crippen LogP contribution in [0.5, 0.6) is 5.75 Å². The molecule has 0 bridgehead atoms. The normalized spacial score (nSPS) is 13.1. The zero-order valence-electron chi connectivity index (χ0n) is 19.3. The number of aromatic nitrogens is 1. The van der Waals surface area contributed by atoms with Crippen LogP contribution in [0.1, 0.15) is 41.8 Å². The lowest BCUT2D eigenvalue weighted by atomic mass is 10.1. The summed E-state index contributed by atoms with van der Waals surface area (Å²) in [4.78, 5) is 38.6. The van der Waals surface area contributed by atoms with E-state index in [1.54, 1.807) is 37.5 Å². The van der Waals surface area contributed by atoms with Gasteiger partial charge in [-0.1, -0.05) is 36.8 Å². The average Bonchev–Trinajstić information content (AvgIpc) is 3.09. The van der Waals surface area contributed by atoms with Crippen molar-refractivity contribution in [2.45, 2.75) is 39.8 Å². The Morgan fingerprint density at radius 3 is 2.39 bits per heavy atom. The number of thiazole rings is 1. The van der Waals surface area contributed by atoms with Crippen molar-refractivity contribution in [2.24, 2.45) is 0 Å². The van der Waals surface area contributed by atoms with Crippen LogP contribution >= 0.6 is 11.3 Å². The first-order valence-corrected chi connectivity index (χ1v) is 11.6. The summed E-state index contributed by atoms with van der Waals surface area (Å²) in [5, 5.41) is 2.88. The molecule has 0 aliphatic rings. The van der Waals surface area contributed by atoms with Crippen LogP contribution in [0.25, 0.3) is 12.2 Å². The second-order valence-electron chi connectivity index (χ2n) is 7.86. The van der Waals surface area contributed by atoms with E-state index < -0.39 is 0 Å². The van der Waals surface area contributed by atoms with Gasteiger partial charge in [-0.25, -0.2) is 0 Å². The van der Waals surface area contributed by atoms with Gasteiger partial charge in [0.2, 0.25) is 5.91 Å². The summed E-state index contributed by atoms with van der Waals surface area (Å²) in [6.45, 7) is 5.73. The lowest BCUT2D eigenvalue weighted by Crippen LogP contribution is -2.40. The lowest BCUT2D eigenvalue weighted by Gasteiger charge is -2.11. The highest BCUT2D eigenvalue weighted by Gasteiger charge is 2.13. The Morgan fingerprint density at radius 2 is 1.79 bits per heavy atom. The summed E-state index contributed by atoms with van der Waals surface area (Å²) < 4.78 is 7.40. The first kappa shape index (κ1) is 24.2. The van der Waals surface area contributed by atoms with E-state index in [1.165, 1.54) is 22.0 Å². The molecule has 6 nitrogen and oxygen atoms in total. The van der Waals surface area contributed by atoms with Gasteiger partial charge in [-0.05, 0) is 56.2 Å². The number of carbonyl (C=O) groups is 2. The van der Waals surface area contributed by atoms with E-state index in [2.05, 4.69) is 5.32 Å². The Balaban J connectivity index is 2.06. The van der Waals surface area contributed by atoms with E-state index in [1.807, 2.05) is 45.0 Å². The summed E-state index contributed by atoms with van der Waals surface area (Å²) in [6.07, 6.45) is 3.98. The highest BCUT2D eigenvalue weighted by Crippen LogP contribution is 2.12. The van der Waals surface area contributed by atoms with Crippen LogP contribution in [0.3, 0.4) is 0 Å². The number of ketones is 1. The van der Waals surface area contributed by atoms with Gasteiger partial charge in [-0.2, -0.15) is 0 Å². The first-order valence-electron chi connectivity index (χ1n) is 10.8. The molecule has 1 heterocycles. The number of nitrogens with one attached hydrogen (secondary N) is 1. The highest BCUT2D eigenvalue weighted by atomic mass is 32.1. The van der Waals surface area contributed by atoms with Gasteiger partial charge in [0.25, 0.3) is 5.56 Å². The fourth-order valence-electron chi connectivity index (χ4n) is 3.12. The number of amides is 1. The molecule has 0 spiro atoms. The van der Waals surface area contributed by atoms with Crippen LogP contribution in [0, 0.1) is 6.92 Å². The Morgan fingerprint density at radius 1 is 1.12 bits per heavy atom. The van der Waals surface area contributed by atoms with E-state index in [4.69, 9.17) is 4.74 Å². The second kappa shape index (κ2) is 10.9. The topological polar surface area (TPSA) is 77.4 Å². The van der Waals surface area contributed by atoms with Crippen LogP contribution in [0.2, 0.25) is 0 Å². The number of methoxy groups -OCH3 is 1. The molecular formula is C26H28N2O4S. The minimum atomic E-state index is -0.298. The smallest absolute Gasteiger partial charge is 0.269 e. The van der Waals surface area contributed by atoms with Crippen LogP contribution in [0.4, 0.5) is 0 Å². The van der Waals surface area contributed by atoms with E-state index in [9.17, 15) is 14.4 Å². The maximum Gasteiger partial charge on any atom is 0.269 e. The highest BCUT2D eigenvalue weighted by molar-refractivity contribution is 7.07. The third-order valence-electron chi connectivity index (χ3n) is 5.26. The summed E-state index contributed by atoms with van der Waals surface area (Å²) in [6, 6.07) is 14.6. The predicted octanol–water partition coefficient (Wildman–Crippen LogP) is 2.63. The molecule has 0 fully saturated rings. The first-order chi connectivity index (χ1) is 15.8. The number of Topliss-reactive ketones (excluding diaryl/α,β-unsaturated/α-hetero) is 1. The molecule has 2 aromatic carbocycles. The molecule has 7 heteroatoms. The molecule has 1 N–H and O–H groups in total. The van der Waals surface area contributed by atoms with Gasteiger partial charge in [-0.15, -0.1) is 11.3 Å². The van der Waals surface area contributed by atoms with Gasteiger partial charge in [0.1, 0.15) is 17.0 Å². The summed E-state index contributed by atoms with van der Waals surface area (Å²) in [7, 11) is 1.56. The van der Waals surface area contributed by atoms with Crippen molar-refractivity contribution in [3.05, 3.63) is 84.8 Å². The molecule has 172 valence electrons. The maximum absolute atomic E-state index is 13.2. The van der Waals surface area contributed by atoms with Crippen molar-refractivity contribution < 1.29 is 14.3 Å². The molecule has 3 rings (SSSR count). The van der Waals surface area contributed by atoms with Crippen LogP contribution in [-0.2, 0) is 11.3 Å². The van der Waals surface area contributed by atoms with Crippen molar-refractivity contribution in [3.63, 3.8) is 0 Å². The predicted molar refractivity (Wildman–Crippen MR) is 132 cm³/mol. The molecule has 0 aliphatic heterocycles. The number of nitrogens with zero attached hydrogens (tertiary/aromatic N) is 1. The number of ether oxygens (including phenoxy) is 1. The molecule has 0 saturated carbocycles. The molecule has 0 aliphatic carbocycles. The Kier molecular flexibility index (Phi) is 8.01. The SMILES string of the molecule is CCC(C)NC(=O)Cn1c(=CC(=O)c2ccc(OC)cc2)sc(=Cc2ccc(C)cc2)c1=O. The Bertz CT molecular complexity index is 1300. The number of hydrogen-bond acceptors (Lipinski definition) is 5. The van der Waals surface area contributed by atoms with Crippen molar-refractivity contribution in [2.75, 3.05) is 7.11 Å². The van der Waals surface area contributed by atoms with E-state index in [0.29, 0.717) is 20.5 Å². The van der Waals surface area contributed by atoms with Crippen molar-refractivity contribution in [1.82, 2.24) is 9.88 Å². The minimum absolute atomic E-state index is 0.00112. The number of hydrogen-bond donors (Lipinski definition) is 1. The lowest BCUT2D eigenvalue weighted by molar-refractivity contribution is -0.122. The van der Waals surface area contributed by atoms with E-state index >= 15 is 0 Å². The van der Waals surface area contributed by atoms with Gasteiger partial charge in [0, 0.05) is 17.7 Å². The standard InChI is InChI=1S/C26H28N2O4S/c1-5-18(3)27-24(30)16-28-25(15-22(29)20-10-12-21(32-4)13-11-20)33-23(26(28)31)14-19-8-6-17(2)7-9-19/h6-15,18H,5,16H2,1-4H3,(H,27,30). The van der Waals surface area contributed by atoms with Crippen LogP contribution < -0.4 is 24.8 Å². The van der Waals surface area contributed by atoms with E-state index in [-0.39, 0.29) is 29.8 Å². The summed E-state index contributed by atoms with van der Waals surface area (Å²) in [5.41, 5.74) is 2.17. The van der Waals surface area contributed by atoms with Crippen molar-refractivity contribution in [1.29, 1.82) is 0 Å². The zero-order valence-corrected chi connectivity index (χ0v) is 20.1. The number of benzene rings is 2. The second-order valence-corrected chi connectivity index (χ2v) is 8.93. The van der Waals surface area contributed by atoms with E-state index in [0.717, 1.165) is 17.5 Å². The Hall–Kier alpha value is -3.45. The minimum Gasteiger partial charge on any atom is -0.497 e. The van der Waals surface area contributed by atoms with Crippen molar-refractivity contribution >= 4 is 35.2 Å². The van der Waals surface area contributed by atoms with Crippen LogP contribution in [0.15, 0.2) is 53.3 Å². The molecule has 0 radical (unpaired) electrons. The van der Waals surface area contributed by atoms with Gasteiger partial charge in [0.05, 0.1) is 11.6 Å². The summed E-state index contributed by atoms with van der Waals surface area (Å²) in [5.74, 6) is 0.130. The zero-order chi connectivity index (χ0) is 24.0. The largest absolute Gasteiger partial charge is 0.497 e. The van der Waals surface area contributed by atoms with Gasteiger partial charge < -0.3 is 10.1 Å². The molecule has 1 amide bonds. The van der Waals surface area contributed by atoms with Crippen LogP contribution in [-0.4, -0.2) is 29.4 Å². The maximum atomic E-state index is 13.2. The molecule has 1 unspecified atom stereocenters. The third-order valence-corrected chi connectivity index (χ3v) is 6.32. The fraction of sp³-hybridized carbons (Fsp3) is 0.269. The molecule has 0 saturated heterocycles. The van der Waals surface area contributed by atoms with Gasteiger partial charge in [0.15, 0.2) is 5.78 Å². The molecule has 3 aromatic rings. The van der Waals surface area contributed by atoms with Gasteiger partial charge in [-0.3, -0.25) is 19.0 Å². The monoisotopic (exact) mass is 464 g/mol.